The lowest BCUT2D eigenvalue weighted by Crippen LogP contribution is -2.30. The van der Waals surface area contributed by atoms with Gasteiger partial charge in [0.1, 0.15) is 0 Å². The van der Waals surface area contributed by atoms with E-state index in [1.54, 1.807) is 11.3 Å². The van der Waals surface area contributed by atoms with Gasteiger partial charge in [0.25, 0.3) is 0 Å². The highest BCUT2D eigenvalue weighted by Crippen LogP contribution is 2.21. The van der Waals surface area contributed by atoms with Gasteiger partial charge in [-0.05, 0) is 35.4 Å². The molecule has 2 N–H and O–H groups in total. The molecule has 1 unspecified atom stereocenters. The van der Waals surface area contributed by atoms with Crippen molar-refractivity contribution in [3.05, 3.63) is 105 Å². The molecule has 0 fully saturated rings. The maximum absolute atomic E-state index is 12.8. The summed E-state index contributed by atoms with van der Waals surface area (Å²) in [5.74, 6) is -0.188. The highest BCUT2D eigenvalue weighted by Gasteiger charge is 2.16. The second-order valence-electron chi connectivity index (χ2n) is 7.68. The first kappa shape index (κ1) is 22.9. The molecule has 33 heavy (non-hydrogen) atoms. The zero-order valence-corrected chi connectivity index (χ0v) is 19.7. The summed E-state index contributed by atoms with van der Waals surface area (Å²) in [5, 5.41) is 10.3. The van der Waals surface area contributed by atoms with Crippen molar-refractivity contribution in [2.24, 2.45) is 0 Å². The van der Waals surface area contributed by atoms with E-state index < -0.39 is 0 Å². The fraction of sp³-hybridized carbons (Fsp3) is 0.192. The van der Waals surface area contributed by atoms with Crippen molar-refractivity contribution in [1.29, 1.82) is 0 Å². The minimum Gasteiger partial charge on any atom is -0.349 e. The molecule has 0 bridgehead atoms. The Kier molecular flexibility index (Phi) is 8.00. The van der Waals surface area contributed by atoms with Crippen LogP contribution >= 0.6 is 22.7 Å². The maximum Gasteiger partial charge on any atom is 0.231 e. The van der Waals surface area contributed by atoms with Gasteiger partial charge >= 0.3 is 0 Å². The number of aryl methyl sites for hydroxylation is 1. The molecule has 0 saturated carbocycles. The summed E-state index contributed by atoms with van der Waals surface area (Å²) in [4.78, 5) is 30.4. The van der Waals surface area contributed by atoms with Crippen molar-refractivity contribution in [3.8, 4) is 0 Å². The monoisotopic (exact) mass is 475 g/mol. The van der Waals surface area contributed by atoms with E-state index in [-0.39, 0.29) is 24.3 Å². The van der Waals surface area contributed by atoms with Gasteiger partial charge in [0.15, 0.2) is 5.13 Å². The lowest BCUT2D eigenvalue weighted by atomic mass is 9.98. The highest BCUT2D eigenvalue weighted by atomic mass is 32.1. The van der Waals surface area contributed by atoms with Crippen LogP contribution in [-0.4, -0.2) is 16.8 Å². The van der Waals surface area contributed by atoms with Crippen LogP contribution in [0, 0.1) is 0 Å². The van der Waals surface area contributed by atoms with Crippen molar-refractivity contribution in [1.82, 2.24) is 10.3 Å². The van der Waals surface area contributed by atoms with Crippen LogP contribution in [0.15, 0.2) is 83.6 Å². The SMILES string of the molecule is O=C(Cc1cccs1)Nc1nc(CC(=O)NC(CCc2ccccc2)c2ccccc2)cs1. The molecule has 4 rings (SSSR count). The smallest absolute Gasteiger partial charge is 0.231 e. The molecular formula is C26H25N3O2S2. The molecule has 0 aliphatic heterocycles. The summed E-state index contributed by atoms with van der Waals surface area (Å²) >= 11 is 2.89. The number of thiazole rings is 1. The molecule has 1 atom stereocenters. The van der Waals surface area contributed by atoms with Gasteiger partial charge in [0.2, 0.25) is 11.8 Å². The number of aromatic nitrogens is 1. The summed E-state index contributed by atoms with van der Waals surface area (Å²) in [6, 6.07) is 24.1. The molecule has 0 aliphatic carbocycles. The number of carbonyl (C=O) groups is 2. The molecule has 2 aromatic heterocycles. The Morgan fingerprint density at radius 2 is 1.61 bits per heavy atom. The van der Waals surface area contributed by atoms with Crippen molar-refractivity contribution in [3.63, 3.8) is 0 Å². The van der Waals surface area contributed by atoms with E-state index in [0.29, 0.717) is 17.2 Å². The number of benzene rings is 2. The summed E-state index contributed by atoms with van der Waals surface area (Å²) in [6.07, 6.45) is 2.18. The molecule has 168 valence electrons. The molecule has 0 spiro atoms. The highest BCUT2D eigenvalue weighted by molar-refractivity contribution is 7.14. The fourth-order valence-corrected chi connectivity index (χ4v) is 4.98. The third-order valence-corrected chi connectivity index (χ3v) is 6.84. The van der Waals surface area contributed by atoms with E-state index in [0.717, 1.165) is 23.3 Å². The summed E-state index contributed by atoms with van der Waals surface area (Å²) in [7, 11) is 0. The average molecular weight is 476 g/mol. The lowest BCUT2D eigenvalue weighted by molar-refractivity contribution is -0.121. The van der Waals surface area contributed by atoms with E-state index >= 15 is 0 Å². The van der Waals surface area contributed by atoms with E-state index in [1.165, 1.54) is 16.9 Å². The van der Waals surface area contributed by atoms with Crippen molar-refractivity contribution < 1.29 is 9.59 Å². The van der Waals surface area contributed by atoms with Gasteiger partial charge in [-0.1, -0.05) is 66.7 Å². The van der Waals surface area contributed by atoms with Gasteiger partial charge < -0.3 is 10.6 Å². The number of anilines is 1. The van der Waals surface area contributed by atoms with Gasteiger partial charge in [-0.2, -0.15) is 0 Å². The first-order valence-electron chi connectivity index (χ1n) is 10.8. The molecule has 0 saturated heterocycles. The molecule has 0 aliphatic rings. The third kappa shape index (κ3) is 7.10. The van der Waals surface area contributed by atoms with Gasteiger partial charge in [-0.25, -0.2) is 4.98 Å². The van der Waals surface area contributed by atoms with Crippen LogP contribution in [0.1, 0.15) is 34.2 Å². The quantitative estimate of drug-likeness (QED) is 0.322. The Morgan fingerprint density at radius 1 is 0.848 bits per heavy atom. The van der Waals surface area contributed by atoms with E-state index in [9.17, 15) is 9.59 Å². The molecule has 5 nitrogen and oxygen atoms in total. The Balaban J connectivity index is 1.33. The summed E-state index contributed by atoms with van der Waals surface area (Å²) in [5.41, 5.74) is 2.98. The molecule has 2 amide bonds. The van der Waals surface area contributed by atoms with E-state index in [4.69, 9.17) is 0 Å². The molecule has 7 heteroatoms. The number of nitrogens with zero attached hydrogens (tertiary/aromatic N) is 1. The van der Waals surface area contributed by atoms with Crippen LogP contribution < -0.4 is 10.6 Å². The number of hydrogen-bond donors (Lipinski definition) is 2. The lowest BCUT2D eigenvalue weighted by Gasteiger charge is -2.19. The Labute approximate surface area is 201 Å². The summed E-state index contributed by atoms with van der Waals surface area (Å²) in [6.45, 7) is 0. The van der Waals surface area contributed by atoms with Gasteiger partial charge in [-0.3, -0.25) is 9.59 Å². The first-order chi connectivity index (χ1) is 16.2. The number of amides is 2. The molecule has 2 aromatic carbocycles. The largest absolute Gasteiger partial charge is 0.349 e. The molecular weight excluding hydrogens is 450 g/mol. The fourth-order valence-electron chi connectivity index (χ4n) is 3.55. The number of carbonyl (C=O) groups excluding carboxylic acids is 2. The standard InChI is InChI=1S/C26H25N3O2S2/c30-24(16-21-18-33-26(27-21)29-25(31)17-22-12-7-15-32-22)28-23(20-10-5-2-6-11-20)14-13-19-8-3-1-4-9-19/h1-12,15,18,23H,13-14,16-17H2,(H,28,30)(H,27,29,31). The van der Waals surface area contributed by atoms with Crippen LogP contribution in [0.5, 0.6) is 0 Å². The Morgan fingerprint density at radius 3 is 2.33 bits per heavy atom. The zero-order chi connectivity index (χ0) is 22.9. The van der Waals surface area contributed by atoms with Gasteiger partial charge in [0, 0.05) is 10.3 Å². The predicted molar refractivity (Wildman–Crippen MR) is 135 cm³/mol. The van der Waals surface area contributed by atoms with E-state index in [1.807, 2.05) is 71.4 Å². The summed E-state index contributed by atoms with van der Waals surface area (Å²) < 4.78 is 0. The second-order valence-corrected chi connectivity index (χ2v) is 9.57. The number of nitrogens with one attached hydrogen (secondary N) is 2. The predicted octanol–water partition coefficient (Wildman–Crippen LogP) is 5.42. The molecule has 0 radical (unpaired) electrons. The van der Waals surface area contributed by atoms with Gasteiger partial charge in [-0.15, -0.1) is 22.7 Å². The average Bonchev–Trinajstić information content (AvgIpc) is 3.50. The van der Waals surface area contributed by atoms with Crippen molar-refractivity contribution >= 4 is 39.6 Å². The topological polar surface area (TPSA) is 71.1 Å². The van der Waals surface area contributed by atoms with Crippen LogP contribution in [0.25, 0.3) is 0 Å². The van der Waals surface area contributed by atoms with Crippen LogP contribution in [-0.2, 0) is 28.9 Å². The van der Waals surface area contributed by atoms with Gasteiger partial charge in [0.05, 0.1) is 24.6 Å². The normalized spacial score (nSPS) is 11.6. The van der Waals surface area contributed by atoms with Crippen molar-refractivity contribution in [2.45, 2.75) is 31.7 Å². The molecule has 4 aromatic rings. The third-order valence-electron chi connectivity index (χ3n) is 5.16. The Hall–Kier alpha value is -3.29. The van der Waals surface area contributed by atoms with Crippen LogP contribution in [0.3, 0.4) is 0 Å². The minimum atomic E-state index is -0.104. The Bertz CT molecular complexity index is 1160. The first-order valence-corrected chi connectivity index (χ1v) is 12.6. The minimum absolute atomic E-state index is 0.0810. The number of rotatable bonds is 10. The van der Waals surface area contributed by atoms with Crippen molar-refractivity contribution in [2.75, 3.05) is 5.32 Å². The van der Waals surface area contributed by atoms with Crippen LogP contribution in [0.2, 0.25) is 0 Å². The zero-order valence-electron chi connectivity index (χ0n) is 18.1. The maximum atomic E-state index is 12.8. The number of hydrogen-bond acceptors (Lipinski definition) is 5. The number of thiophene rings is 1. The molecule has 2 heterocycles. The second kappa shape index (κ2) is 11.5. The van der Waals surface area contributed by atoms with Crippen LogP contribution in [0.4, 0.5) is 5.13 Å². The van der Waals surface area contributed by atoms with E-state index in [2.05, 4.69) is 27.8 Å².